The smallest absolute Gasteiger partial charge is 0.233 e. The molecule has 0 amide bonds. The molecule has 2 aromatic carbocycles. The van der Waals surface area contributed by atoms with Crippen LogP contribution in [0.2, 0.25) is 0 Å². The van der Waals surface area contributed by atoms with E-state index in [1.165, 1.54) is 0 Å². The molecule has 0 aliphatic rings. The Kier molecular flexibility index (Phi) is 5.61. The first kappa shape index (κ1) is 23.7. The molecular formula is C19H12F8N2O2S. The van der Waals surface area contributed by atoms with Gasteiger partial charge in [-0.05, 0) is 54.6 Å². The number of benzene rings is 2. The van der Waals surface area contributed by atoms with Gasteiger partial charge in [-0.2, -0.15) is 35.8 Å². The lowest BCUT2D eigenvalue weighted by Gasteiger charge is -2.26. The van der Waals surface area contributed by atoms with E-state index in [-0.39, 0.29) is 21.8 Å². The summed E-state index contributed by atoms with van der Waals surface area (Å²) in [5.41, 5.74) is -2.38. The molecule has 0 N–H and O–H groups in total. The highest BCUT2D eigenvalue weighted by Gasteiger charge is 2.74. The molecule has 3 rings (SSSR count). The van der Waals surface area contributed by atoms with Crippen LogP contribution in [-0.4, -0.2) is 36.6 Å². The van der Waals surface area contributed by atoms with Crippen molar-refractivity contribution in [3.05, 3.63) is 66.1 Å². The van der Waals surface area contributed by atoms with Crippen LogP contribution < -0.4 is 0 Å². The van der Waals surface area contributed by atoms with Gasteiger partial charge < -0.3 is 0 Å². The molecule has 0 aliphatic carbocycles. The summed E-state index contributed by atoms with van der Waals surface area (Å²) in [7, 11) is -3.64. The molecule has 32 heavy (non-hydrogen) atoms. The summed E-state index contributed by atoms with van der Waals surface area (Å²) in [4.78, 5) is -0.161. The van der Waals surface area contributed by atoms with E-state index < -0.39 is 39.4 Å². The minimum absolute atomic E-state index is 0.0246. The van der Waals surface area contributed by atoms with Crippen LogP contribution in [0, 0.1) is 5.82 Å². The maximum absolute atomic E-state index is 14.3. The van der Waals surface area contributed by atoms with E-state index in [1.807, 2.05) is 0 Å². The van der Waals surface area contributed by atoms with Gasteiger partial charge in [-0.1, -0.05) is 0 Å². The Morgan fingerprint density at radius 1 is 0.844 bits per heavy atom. The minimum Gasteiger partial charge on any atom is -0.233 e. The van der Waals surface area contributed by atoms with E-state index in [4.69, 9.17) is 0 Å². The van der Waals surface area contributed by atoms with Crippen LogP contribution in [0.1, 0.15) is 5.69 Å². The summed E-state index contributed by atoms with van der Waals surface area (Å²) in [5, 5.41) is 3.27. The van der Waals surface area contributed by atoms with Crippen molar-refractivity contribution >= 4 is 9.84 Å². The van der Waals surface area contributed by atoms with Crippen molar-refractivity contribution in [1.29, 1.82) is 0 Å². The van der Waals surface area contributed by atoms with Crippen LogP contribution in [0.4, 0.5) is 35.1 Å². The topological polar surface area (TPSA) is 52.0 Å². The fraction of sp³-hybridized carbons (Fsp3) is 0.211. The Hall–Kier alpha value is -2.96. The van der Waals surface area contributed by atoms with E-state index in [9.17, 15) is 43.5 Å². The maximum Gasteiger partial charge on any atom is 0.460 e. The van der Waals surface area contributed by atoms with Crippen LogP contribution in [0.3, 0.4) is 0 Å². The highest BCUT2D eigenvalue weighted by Crippen LogP contribution is 2.51. The molecule has 13 heteroatoms. The molecule has 0 atom stereocenters. The van der Waals surface area contributed by atoms with Crippen molar-refractivity contribution in [1.82, 2.24) is 9.78 Å². The Labute approximate surface area is 176 Å². The van der Waals surface area contributed by atoms with Crippen molar-refractivity contribution < 1.29 is 43.5 Å². The first-order chi connectivity index (χ1) is 14.6. The van der Waals surface area contributed by atoms with E-state index in [2.05, 4.69) is 5.10 Å². The molecule has 0 radical (unpaired) electrons. The van der Waals surface area contributed by atoms with Crippen LogP contribution in [0.5, 0.6) is 0 Å². The zero-order valence-electron chi connectivity index (χ0n) is 15.8. The predicted molar refractivity (Wildman–Crippen MR) is 97.0 cm³/mol. The molecule has 4 nitrogen and oxygen atoms in total. The molecule has 1 heterocycles. The average molecular weight is 484 g/mol. The number of halogens is 8. The Bertz CT molecular complexity index is 1230. The van der Waals surface area contributed by atoms with Gasteiger partial charge in [0.15, 0.2) is 9.84 Å². The van der Waals surface area contributed by atoms with Crippen molar-refractivity contribution in [2.24, 2.45) is 0 Å². The summed E-state index contributed by atoms with van der Waals surface area (Å²) < 4.78 is 130. The minimum atomic E-state index is -6.56. The van der Waals surface area contributed by atoms with Crippen molar-refractivity contribution in [3.8, 4) is 16.9 Å². The van der Waals surface area contributed by atoms with Gasteiger partial charge in [0.05, 0.1) is 16.3 Å². The van der Waals surface area contributed by atoms with Crippen LogP contribution in [0.25, 0.3) is 16.9 Å². The fourth-order valence-corrected chi connectivity index (χ4v) is 3.36. The highest BCUT2D eigenvalue weighted by atomic mass is 32.2. The number of nitrogens with zero attached hydrogens (tertiary/aromatic N) is 2. The largest absolute Gasteiger partial charge is 0.460 e. The quantitative estimate of drug-likeness (QED) is 0.458. The van der Waals surface area contributed by atoms with E-state index >= 15 is 0 Å². The molecule has 3 aromatic rings. The maximum atomic E-state index is 14.3. The third-order valence-corrected chi connectivity index (χ3v) is 5.56. The molecule has 172 valence electrons. The van der Waals surface area contributed by atoms with Gasteiger partial charge in [0, 0.05) is 11.8 Å². The lowest BCUT2D eigenvalue weighted by Crippen LogP contribution is -2.50. The summed E-state index contributed by atoms with van der Waals surface area (Å²) >= 11 is 0. The van der Waals surface area contributed by atoms with Crippen molar-refractivity contribution in [2.75, 3.05) is 6.26 Å². The molecule has 0 unspecified atom stereocenters. The first-order valence-corrected chi connectivity index (χ1v) is 10.4. The summed E-state index contributed by atoms with van der Waals surface area (Å²) in [5.74, 6) is -12.9. The second-order valence-corrected chi connectivity index (χ2v) is 8.76. The lowest BCUT2D eigenvalue weighted by atomic mass is 10.1. The third-order valence-electron chi connectivity index (χ3n) is 4.43. The van der Waals surface area contributed by atoms with Crippen LogP contribution in [-0.2, 0) is 15.8 Å². The van der Waals surface area contributed by atoms with E-state index in [0.717, 1.165) is 54.8 Å². The average Bonchev–Trinajstić information content (AvgIpc) is 3.13. The summed E-state index contributed by atoms with van der Waals surface area (Å²) in [6.45, 7) is 0. The monoisotopic (exact) mass is 484 g/mol. The van der Waals surface area contributed by atoms with Gasteiger partial charge >= 0.3 is 18.0 Å². The molecule has 1 aromatic heterocycles. The van der Waals surface area contributed by atoms with E-state index in [0.29, 0.717) is 10.7 Å². The number of alkyl halides is 7. The fourth-order valence-electron chi connectivity index (χ4n) is 2.73. The number of rotatable bonds is 5. The standard InChI is InChI=1S/C19H12F8N2O2S/c1-32(30,31)14-8-6-13(7-9-14)29-15(11-2-4-12(20)5-3-11)10-16(28-29)17(21,22)18(23,24)19(25,26)27/h2-10H,1H3. The Morgan fingerprint density at radius 2 is 1.38 bits per heavy atom. The summed E-state index contributed by atoms with van der Waals surface area (Å²) in [6, 6.07) is 8.67. The van der Waals surface area contributed by atoms with Crippen LogP contribution >= 0.6 is 0 Å². The SMILES string of the molecule is CS(=O)(=O)c1ccc(-n2nc(C(F)(F)C(F)(F)C(F)(F)F)cc2-c2ccc(F)cc2)cc1. The second-order valence-electron chi connectivity index (χ2n) is 6.75. The molecule has 0 aliphatic heterocycles. The molecule has 0 fully saturated rings. The number of hydrogen-bond acceptors (Lipinski definition) is 3. The van der Waals surface area contributed by atoms with Gasteiger partial charge in [-0.3, -0.25) is 0 Å². The molecule has 0 bridgehead atoms. The molecule has 0 saturated carbocycles. The number of sulfone groups is 1. The van der Waals surface area contributed by atoms with Gasteiger partial charge in [-0.15, -0.1) is 0 Å². The molecule has 0 saturated heterocycles. The lowest BCUT2D eigenvalue weighted by molar-refractivity contribution is -0.360. The number of hydrogen-bond donors (Lipinski definition) is 0. The van der Waals surface area contributed by atoms with Crippen LogP contribution in [0.15, 0.2) is 59.5 Å². The predicted octanol–water partition coefficient (Wildman–Crippen LogP) is 5.37. The van der Waals surface area contributed by atoms with Gasteiger partial charge in [0.25, 0.3) is 0 Å². The first-order valence-electron chi connectivity index (χ1n) is 8.55. The highest BCUT2D eigenvalue weighted by molar-refractivity contribution is 7.90. The van der Waals surface area contributed by atoms with Crippen molar-refractivity contribution in [3.63, 3.8) is 0 Å². The van der Waals surface area contributed by atoms with Gasteiger partial charge in [0.1, 0.15) is 11.5 Å². The number of aromatic nitrogens is 2. The normalized spacial score (nSPS) is 13.4. The van der Waals surface area contributed by atoms with E-state index in [1.54, 1.807) is 0 Å². The molecular weight excluding hydrogens is 472 g/mol. The van der Waals surface area contributed by atoms with Crippen molar-refractivity contribution in [2.45, 2.75) is 22.9 Å². The second kappa shape index (κ2) is 7.57. The zero-order chi connectivity index (χ0) is 24.1. The third kappa shape index (κ3) is 4.08. The Balaban J connectivity index is 2.22. The van der Waals surface area contributed by atoms with Gasteiger partial charge in [-0.25, -0.2) is 17.5 Å². The van der Waals surface area contributed by atoms with Gasteiger partial charge in [0.2, 0.25) is 0 Å². The Morgan fingerprint density at radius 3 is 1.84 bits per heavy atom. The summed E-state index contributed by atoms with van der Waals surface area (Å²) in [6.07, 6.45) is -5.66. The molecule has 0 spiro atoms. The zero-order valence-corrected chi connectivity index (χ0v) is 16.7.